The molecule has 2 atom stereocenters. The van der Waals surface area contributed by atoms with Gasteiger partial charge in [-0.25, -0.2) is 9.97 Å². The van der Waals surface area contributed by atoms with Crippen LogP contribution in [0.2, 0.25) is 0 Å². The smallest absolute Gasteiger partial charge is 0.178 e. The van der Waals surface area contributed by atoms with E-state index in [1.165, 1.54) is 0 Å². The molecule has 23 heavy (non-hydrogen) atoms. The maximum Gasteiger partial charge on any atom is 0.178 e. The highest BCUT2D eigenvalue weighted by atomic mass is 16.1. The molecule has 1 aromatic heterocycles. The Hall–Kier alpha value is -2.22. The number of aryl methyl sites for hydroxylation is 1. The molecule has 0 radical (unpaired) electrons. The van der Waals surface area contributed by atoms with Crippen LogP contribution in [0.15, 0.2) is 24.0 Å². The van der Waals surface area contributed by atoms with Gasteiger partial charge >= 0.3 is 0 Å². The predicted molar refractivity (Wildman–Crippen MR) is 87.7 cm³/mol. The van der Waals surface area contributed by atoms with E-state index in [0.717, 1.165) is 31.0 Å². The van der Waals surface area contributed by atoms with Gasteiger partial charge in [0, 0.05) is 35.7 Å². The number of anilines is 1. The molecule has 5 nitrogen and oxygen atoms in total. The van der Waals surface area contributed by atoms with E-state index in [4.69, 9.17) is 0 Å². The van der Waals surface area contributed by atoms with E-state index in [1.54, 1.807) is 6.33 Å². The van der Waals surface area contributed by atoms with Gasteiger partial charge in [0.15, 0.2) is 5.78 Å². The summed E-state index contributed by atoms with van der Waals surface area (Å²) in [5, 5.41) is 9.34. The summed E-state index contributed by atoms with van der Waals surface area (Å²) >= 11 is 0. The lowest BCUT2D eigenvalue weighted by Crippen LogP contribution is -2.56. The minimum Gasteiger partial charge on any atom is -0.356 e. The van der Waals surface area contributed by atoms with Crippen molar-refractivity contribution < 1.29 is 4.79 Å². The number of carbonyl (C=O) groups excluding carboxylic acids is 1. The van der Waals surface area contributed by atoms with E-state index in [-0.39, 0.29) is 17.1 Å². The number of hydrogen-bond donors (Lipinski definition) is 0. The number of nitriles is 1. The molecule has 0 aromatic carbocycles. The molecule has 0 amide bonds. The fraction of sp³-hybridized carbons (Fsp3) is 0.556. The van der Waals surface area contributed by atoms with Crippen molar-refractivity contribution in [3.63, 3.8) is 0 Å². The summed E-state index contributed by atoms with van der Waals surface area (Å²) in [7, 11) is 0. The second-order valence-electron chi connectivity index (χ2n) is 7.51. The molecule has 120 valence electrons. The van der Waals surface area contributed by atoms with Gasteiger partial charge in [-0.05, 0) is 19.3 Å². The summed E-state index contributed by atoms with van der Waals surface area (Å²) < 4.78 is 0. The molecule has 0 spiro atoms. The second-order valence-corrected chi connectivity index (χ2v) is 7.51. The molecule has 1 aliphatic carbocycles. The number of allylic oxidation sites excluding steroid dienone is 1. The Balaban J connectivity index is 1.99. The lowest BCUT2D eigenvalue weighted by molar-refractivity contribution is -0.130. The Labute approximate surface area is 137 Å². The van der Waals surface area contributed by atoms with Crippen LogP contribution in [-0.2, 0) is 4.79 Å². The quantitative estimate of drug-likeness (QED) is 0.797. The number of nitrogens with zero attached hydrogens (tertiary/aromatic N) is 4. The summed E-state index contributed by atoms with van der Waals surface area (Å²) in [6.07, 6.45) is 4.39. The standard InChI is InChI=1S/C18H22N4O/c1-12-7-15(21-11-20-12)22-6-5-14-17(2,3)16(23)13(9-19)8-18(14,4)10-22/h7-8,11,14H,5-6,10H2,1-4H3/t14-,18+/m1/s1. The molecular weight excluding hydrogens is 288 g/mol. The number of carbonyl (C=O) groups is 1. The maximum absolute atomic E-state index is 12.5. The fourth-order valence-corrected chi connectivity index (χ4v) is 4.34. The van der Waals surface area contributed by atoms with Gasteiger partial charge in [0.2, 0.25) is 0 Å². The highest BCUT2D eigenvalue weighted by molar-refractivity contribution is 6.04. The molecular formula is C18H22N4O. The summed E-state index contributed by atoms with van der Waals surface area (Å²) in [5.74, 6) is 1.13. The van der Waals surface area contributed by atoms with Gasteiger partial charge in [-0.2, -0.15) is 5.26 Å². The number of aromatic nitrogens is 2. The molecule has 5 heteroatoms. The van der Waals surface area contributed by atoms with Crippen LogP contribution >= 0.6 is 0 Å². The van der Waals surface area contributed by atoms with E-state index >= 15 is 0 Å². The lowest BCUT2D eigenvalue weighted by atomic mass is 9.55. The summed E-state index contributed by atoms with van der Waals surface area (Å²) in [4.78, 5) is 23.3. The van der Waals surface area contributed by atoms with Gasteiger partial charge in [-0.1, -0.05) is 26.8 Å². The first-order valence-corrected chi connectivity index (χ1v) is 7.99. The van der Waals surface area contributed by atoms with Crippen molar-refractivity contribution in [2.24, 2.45) is 16.7 Å². The van der Waals surface area contributed by atoms with Crippen molar-refractivity contribution >= 4 is 11.6 Å². The Kier molecular flexibility index (Phi) is 3.51. The van der Waals surface area contributed by atoms with Gasteiger partial charge < -0.3 is 4.90 Å². The van der Waals surface area contributed by atoms with Crippen LogP contribution in [-0.4, -0.2) is 28.8 Å². The van der Waals surface area contributed by atoms with Crippen LogP contribution in [0, 0.1) is 35.0 Å². The highest BCUT2D eigenvalue weighted by Gasteiger charge is 2.53. The average molecular weight is 310 g/mol. The van der Waals surface area contributed by atoms with Gasteiger partial charge in [0.1, 0.15) is 18.2 Å². The van der Waals surface area contributed by atoms with E-state index in [9.17, 15) is 10.1 Å². The minimum absolute atomic E-state index is 0.0196. The Bertz CT molecular complexity index is 731. The van der Waals surface area contributed by atoms with Crippen LogP contribution in [0.4, 0.5) is 5.82 Å². The molecule has 1 fully saturated rings. The molecule has 0 unspecified atom stereocenters. The van der Waals surface area contributed by atoms with E-state index in [2.05, 4.69) is 27.9 Å². The zero-order valence-corrected chi connectivity index (χ0v) is 14.1. The van der Waals surface area contributed by atoms with Crippen molar-refractivity contribution in [3.8, 4) is 6.07 Å². The number of ketones is 1. The molecule has 3 rings (SSSR count). The number of hydrogen-bond acceptors (Lipinski definition) is 5. The first kappa shape index (κ1) is 15.7. The first-order chi connectivity index (χ1) is 10.8. The zero-order valence-electron chi connectivity index (χ0n) is 14.1. The van der Waals surface area contributed by atoms with Gasteiger partial charge in [0.05, 0.1) is 5.57 Å². The van der Waals surface area contributed by atoms with Gasteiger partial charge in [0.25, 0.3) is 0 Å². The van der Waals surface area contributed by atoms with Crippen LogP contribution in [0.3, 0.4) is 0 Å². The minimum atomic E-state index is -0.498. The second kappa shape index (κ2) is 5.16. The molecule has 0 N–H and O–H groups in total. The van der Waals surface area contributed by atoms with E-state index in [0.29, 0.717) is 5.57 Å². The third kappa shape index (κ3) is 2.42. The van der Waals surface area contributed by atoms with Crippen molar-refractivity contribution in [1.82, 2.24) is 9.97 Å². The van der Waals surface area contributed by atoms with Crippen molar-refractivity contribution in [1.29, 1.82) is 5.26 Å². The first-order valence-electron chi connectivity index (χ1n) is 7.99. The Morgan fingerprint density at radius 3 is 2.74 bits per heavy atom. The lowest BCUT2D eigenvalue weighted by Gasteiger charge is -2.53. The normalized spacial score (nSPS) is 29.5. The zero-order chi connectivity index (χ0) is 16.8. The molecule has 1 aromatic rings. The molecule has 0 saturated carbocycles. The van der Waals surface area contributed by atoms with Gasteiger partial charge in [-0.15, -0.1) is 0 Å². The van der Waals surface area contributed by atoms with E-state index < -0.39 is 5.41 Å². The summed E-state index contributed by atoms with van der Waals surface area (Å²) in [6.45, 7) is 9.69. The molecule has 2 heterocycles. The van der Waals surface area contributed by atoms with Crippen molar-refractivity contribution in [3.05, 3.63) is 29.7 Å². The third-order valence-corrected chi connectivity index (χ3v) is 5.42. The SMILES string of the molecule is Cc1cc(N2CC[C@@H]3C(C)(C)C(=O)C(C#N)=C[C@@]3(C)C2)ncn1. The van der Waals surface area contributed by atoms with Crippen molar-refractivity contribution in [2.75, 3.05) is 18.0 Å². The largest absolute Gasteiger partial charge is 0.356 e. The summed E-state index contributed by atoms with van der Waals surface area (Å²) in [5.41, 5.74) is 0.533. The monoisotopic (exact) mass is 310 g/mol. The van der Waals surface area contributed by atoms with Crippen molar-refractivity contribution in [2.45, 2.75) is 34.1 Å². The van der Waals surface area contributed by atoms with Crippen LogP contribution in [0.25, 0.3) is 0 Å². The maximum atomic E-state index is 12.5. The number of piperidine rings is 1. The molecule has 1 saturated heterocycles. The summed E-state index contributed by atoms with van der Waals surface area (Å²) in [6, 6.07) is 4.08. The van der Waals surface area contributed by atoms with Crippen LogP contribution in [0.5, 0.6) is 0 Å². The topological polar surface area (TPSA) is 69.9 Å². The highest BCUT2D eigenvalue weighted by Crippen LogP contribution is 2.52. The van der Waals surface area contributed by atoms with E-state index in [1.807, 2.05) is 32.9 Å². The number of rotatable bonds is 1. The Morgan fingerprint density at radius 1 is 1.35 bits per heavy atom. The number of Topliss-reactive ketones (excluding diaryl/α,β-unsaturated/α-hetero) is 1. The third-order valence-electron chi connectivity index (χ3n) is 5.42. The molecule has 1 aliphatic heterocycles. The number of fused-ring (bicyclic) bond motifs is 1. The van der Waals surface area contributed by atoms with Crippen LogP contribution in [0.1, 0.15) is 32.9 Å². The Morgan fingerprint density at radius 2 is 2.09 bits per heavy atom. The van der Waals surface area contributed by atoms with Crippen LogP contribution < -0.4 is 4.90 Å². The fourth-order valence-electron chi connectivity index (χ4n) is 4.34. The molecule has 2 aliphatic rings. The predicted octanol–water partition coefficient (Wildman–Crippen LogP) is 2.68. The van der Waals surface area contributed by atoms with Gasteiger partial charge in [-0.3, -0.25) is 4.79 Å². The average Bonchev–Trinajstić information content (AvgIpc) is 2.50. The molecule has 0 bridgehead atoms.